The normalized spacial score (nSPS) is 15.2. The fraction of sp³-hybridized carbons (Fsp3) is 0.273. The highest BCUT2D eigenvalue weighted by molar-refractivity contribution is 7.92. The number of hydrogen-bond donors (Lipinski definition) is 0. The fourth-order valence-corrected chi connectivity index (χ4v) is 5.44. The van der Waals surface area contributed by atoms with Crippen LogP contribution in [0.3, 0.4) is 0 Å². The molecule has 9 heteroatoms. The van der Waals surface area contributed by atoms with Gasteiger partial charge in [-0.1, -0.05) is 12.1 Å². The second-order valence-electron chi connectivity index (χ2n) is 7.51. The van der Waals surface area contributed by atoms with E-state index in [1.165, 1.54) is 28.9 Å². The summed E-state index contributed by atoms with van der Waals surface area (Å²) in [6.45, 7) is 0.697. The fourth-order valence-electron chi connectivity index (χ4n) is 3.71. The molecule has 3 aromatic rings. The van der Waals surface area contributed by atoms with Crippen LogP contribution in [-0.2, 0) is 21.2 Å². The summed E-state index contributed by atoms with van der Waals surface area (Å²) < 4.78 is 53.2. The molecule has 4 rings (SSSR count). The average Bonchev–Trinajstić information content (AvgIpc) is 3.23. The lowest BCUT2D eigenvalue weighted by atomic mass is 10.1. The minimum atomic E-state index is -3.57. The highest BCUT2D eigenvalue weighted by Crippen LogP contribution is 2.25. The first kappa shape index (κ1) is 21.2. The number of amides is 1. The summed E-state index contributed by atoms with van der Waals surface area (Å²) >= 11 is 0. The molecule has 0 atom stereocenters. The Kier molecular flexibility index (Phi) is 5.86. The van der Waals surface area contributed by atoms with Crippen LogP contribution in [0.15, 0.2) is 65.8 Å². The molecule has 1 aromatic heterocycles. The standard InChI is InChI=1S/C22H21F2N3O3S/c23-18-3-1-16(2-4-18)17-13-25-27(14-17)15-22(28)26-11-9-21(10-12-26)31(29,30)20-7-5-19(24)6-8-20/h1-8,13-14,21H,9-12,15H2. The highest BCUT2D eigenvalue weighted by Gasteiger charge is 2.32. The summed E-state index contributed by atoms with van der Waals surface area (Å²) in [5, 5.41) is 3.60. The van der Waals surface area contributed by atoms with Gasteiger partial charge in [0.1, 0.15) is 18.2 Å². The lowest BCUT2D eigenvalue weighted by Crippen LogP contribution is -2.43. The summed E-state index contributed by atoms with van der Waals surface area (Å²) in [6.07, 6.45) is 3.98. The Morgan fingerprint density at radius 3 is 2.13 bits per heavy atom. The lowest BCUT2D eigenvalue weighted by Gasteiger charge is -2.31. The number of halogens is 2. The third-order valence-electron chi connectivity index (χ3n) is 5.48. The van der Waals surface area contributed by atoms with Crippen molar-refractivity contribution in [3.63, 3.8) is 0 Å². The largest absolute Gasteiger partial charge is 0.341 e. The van der Waals surface area contributed by atoms with E-state index in [-0.39, 0.29) is 23.2 Å². The maximum Gasteiger partial charge on any atom is 0.244 e. The van der Waals surface area contributed by atoms with Gasteiger partial charge in [0.2, 0.25) is 5.91 Å². The number of likely N-dealkylation sites (tertiary alicyclic amines) is 1. The van der Waals surface area contributed by atoms with E-state index in [2.05, 4.69) is 5.10 Å². The van der Waals surface area contributed by atoms with Gasteiger partial charge in [-0.15, -0.1) is 0 Å². The molecule has 0 saturated carbocycles. The van der Waals surface area contributed by atoms with Gasteiger partial charge in [-0.3, -0.25) is 9.48 Å². The Morgan fingerprint density at radius 1 is 0.935 bits per heavy atom. The van der Waals surface area contributed by atoms with Crippen molar-refractivity contribution in [2.24, 2.45) is 0 Å². The molecule has 1 aliphatic rings. The van der Waals surface area contributed by atoms with E-state index in [1.807, 2.05) is 0 Å². The molecule has 0 aliphatic carbocycles. The topological polar surface area (TPSA) is 72.3 Å². The van der Waals surface area contributed by atoms with Gasteiger partial charge in [-0.25, -0.2) is 17.2 Å². The smallest absolute Gasteiger partial charge is 0.244 e. The Labute approximate surface area is 179 Å². The first-order chi connectivity index (χ1) is 14.8. The van der Waals surface area contributed by atoms with E-state index in [1.54, 1.807) is 29.4 Å². The maximum absolute atomic E-state index is 13.1. The molecule has 31 heavy (non-hydrogen) atoms. The van der Waals surface area contributed by atoms with Gasteiger partial charge in [0.05, 0.1) is 16.3 Å². The summed E-state index contributed by atoms with van der Waals surface area (Å²) in [4.78, 5) is 14.4. The van der Waals surface area contributed by atoms with Gasteiger partial charge in [0, 0.05) is 24.8 Å². The van der Waals surface area contributed by atoms with Crippen molar-refractivity contribution in [2.45, 2.75) is 29.5 Å². The number of sulfone groups is 1. The zero-order chi connectivity index (χ0) is 22.0. The van der Waals surface area contributed by atoms with Crippen molar-refractivity contribution in [1.29, 1.82) is 0 Å². The third kappa shape index (κ3) is 4.66. The first-order valence-electron chi connectivity index (χ1n) is 9.88. The molecule has 0 bridgehead atoms. The van der Waals surface area contributed by atoms with E-state index in [0.29, 0.717) is 25.9 Å². The minimum Gasteiger partial charge on any atom is -0.341 e. The summed E-state index contributed by atoms with van der Waals surface area (Å²) in [5.41, 5.74) is 1.57. The number of piperidine rings is 1. The molecule has 0 N–H and O–H groups in total. The molecule has 2 heterocycles. The number of nitrogens with zero attached hydrogens (tertiary/aromatic N) is 3. The van der Waals surface area contributed by atoms with E-state index >= 15 is 0 Å². The molecule has 2 aromatic carbocycles. The maximum atomic E-state index is 13.1. The van der Waals surface area contributed by atoms with Crippen molar-refractivity contribution < 1.29 is 22.0 Å². The van der Waals surface area contributed by atoms with Crippen molar-refractivity contribution in [3.8, 4) is 11.1 Å². The van der Waals surface area contributed by atoms with Gasteiger partial charge in [0.25, 0.3) is 0 Å². The van der Waals surface area contributed by atoms with Crippen LogP contribution in [0, 0.1) is 11.6 Å². The average molecular weight is 445 g/mol. The van der Waals surface area contributed by atoms with Crippen molar-refractivity contribution in [1.82, 2.24) is 14.7 Å². The van der Waals surface area contributed by atoms with Gasteiger partial charge in [-0.2, -0.15) is 5.10 Å². The van der Waals surface area contributed by atoms with Crippen molar-refractivity contribution in [3.05, 3.63) is 72.6 Å². The molecule has 1 fully saturated rings. The quantitative estimate of drug-likeness (QED) is 0.565. The number of carbonyl (C=O) groups is 1. The SMILES string of the molecule is O=C(Cn1cc(-c2ccc(F)cc2)cn1)N1CCC(S(=O)(=O)c2ccc(F)cc2)CC1. The second kappa shape index (κ2) is 8.58. The van der Waals surface area contributed by atoms with E-state index < -0.39 is 20.9 Å². The second-order valence-corrected chi connectivity index (χ2v) is 9.74. The Morgan fingerprint density at radius 2 is 1.52 bits per heavy atom. The number of hydrogen-bond acceptors (Lipinski definition) is 4. The van der Waals surface area contributed by atoms with Crippen LogP contribution in [0.2, 0.25) is 0 Å². The molecule has 0 unspecified atom stereocenters. The molecule has 1 aliphatic heterocycles. The Bertz CT molecular complexity index is 1170. The zero-order valence-electron chi connectivity index (χ0n) is 16.6. The number of carbonyl (C=O) groups excluding carboxylic acids is 1. The van der Waals surface area contributed by atoms with Crippen molar-refractivity contribution in [2.75, 3.05) is 13.1 Å². The summed E-state index contributed by atoms with van der Waals surface area (Å²) in [6, 6.07) is 10.8. The molecule has 1 amide bonds. The third-order valence-corrected chi connectivity index (χ3v) is 7.76. The molecule has 1 saturated heterocycles. The molecular formula is C22H21F2N3O3S. The van der Waals surface area contributed by atoms with E-state index in [9.17, 15) is 22.0 Å². The Balaban J connectivity index is 1.35. The predicted molar refractivity (Wildman–Crippen MR) is 111 cm³/mol. The zero-order valence-corrected chi connectivity index (χ0v) is 17.4. The Hall–Kier alpha value is -3.07. The molecule has 6 nitrogen and oxygen atoms in total. The molecule has 0 radical (unpaired) electrons. The monoisotopic (exact) mass is 445 g/mol. The van der Waals surface area contributed by atoms with Gasteiger partial charge >= 0.3 is 0 Å². The van der Waals surface area contributed by atoms with Crippen molar-refractivity contribution >= 4 is 15.7 Å². The predicted octanol–water partition coefficient (Wildman–Crippen LogP) is 3.29. The highest BCUT2D eigenvalue weighted by atomic mass is 32.2. The first-order valence-corrected chi connectivity index (χ1v) is 11.4. The van der Waals surface area contributed by atoms with E-state index in [4.69, 9.17) is 0 Å². The minimum absolute atomic E-state index is 0.0383. The summed E-state index contributed by atoms with van der Waals surface area (Å²) in [5.74, 6) is -0.955. The summed E-state index contributed by atoms with van der Waals surface area (Å²) in [7, 11) is -3.57. The van der Waals surface area contributed by atoms with Gasteiger partial charge in [-0.05, 0) is 54.8 Å². The number of rotatable bonds is 5. The molecule has 162 valence electrons. The van der Waals surface area contributed by atoms with Crippen LogP contribution in [0.4, 0.5) is 8.78 Å². The lowest BCUT2D eigenvalue weighted by molar-refractivity contribution is -0.132. The van der Waals surface area contributed by atoms with Gasteiger partial charge in [0.15, 0.2) is 9.84 Å². The number of aromatic nitrogens is 2. The van der Waals surface area contributed by atoms with Crippen LogP contribution >= 0.6 is 0 Å². The van der Waals surface area contributed by atoms with Crippen LogP contribution in [0.25, 0.3) is 11.1 Å². The molecule has 0 spiro atoms. The van der Waals surface area contributed by atoms with Crippen LogP contribution in [0.5, 0.6) is 0 Å². The molecular weight excluding hydrogens is 424 g/mol. The number of benzene rings is 2. The van der Waals surface area contributed by atoms with Crippen LogP contribution < -0.4 is 0 Å². The van der Waals surface area contributed by atoms with Crippen LogP contribution in [-0.4, -0.2) is 47.3 Å². The van der Waals surface area contributed by atoms with E-state index in [0.717, 1.165) is 23.3 Å². The van der Waals surface area contributed by atoms with Gasteiger partial charge < -0.3 is 4.90 Å². The van der Waals surface area contributed by atoms with Crippen LogP contribution in [0.1, 0.15) is 12.8 Å².